The predicted octanol–water partition coefficient (Wildman–Crippen LogP) is 2.36. The van der Waals surface area contributed by atoms with Gasteiger partial charge in [0, 0.05) is 29.4 Å². The molecule has 0 aliphatic heterocycles. The van der Waals surface area contributed by atoms with Crippen molar-refractivity contribution in [2.75, 3.05) is 24.6 Å². The molecule has 1 aromatic carbocycles. The van der Waals surface area contributed by atoms with Gasteiger partial charge in [-0.2, -0.15) is 0 Å². The van der Waals surface area contributed by atoms with Crippen molar-refractivity contribution < 1.29 is 9.90 Å². The Morgan fingerprint density at radius 2 is 2.19 bits per heavy atom. The lowest BCUT2D eigenvalue weighted by Gasteiger charge is -2.24. The standard InChI is InChI=1S/C12H16ClNO2/c1-2-5-14(6-7-15)12-8-11(13)4-3-10(12)9-16/h3-4,8-9,15H,2,5-7H2,1H3. The summed E-state index contributed by atoms with van der Waals surface area (Å²) in [6.45, 7) is 3.41. The molecule has 0 fully saturated rings. The fraction of sp³-hybridized carbons (Fsp3) is 0.417. The lowest BCUT2D eigenvalue weighted by Crippen LogP contribution is -2.28. The van der Waals surface area contributed by atoms with Crippen LogP contribution in [-0.2, 0) is 0 Å². The van der Waals surface area contributed by atoms with E-state index in [0.717, 1.165) is 24.9 Å². The Kier molecular flexibility index (Phi) is 5.29. The first-order valence-electron chi connectivity index (χ1n) is 5.33. The average molecular weight is 242 g/mol. The number of aliphatic hydroxyl groups is 1. The first kappa shape index (κ1) is 13.0. The van der Waals surface area contributed by atoms with Crippen LogP contribution in [0.3, 0.4) is 0 Å². The van der Waals surface area contributed by atoms with E-state index in [2.05, 4.69) is 6.92 Å². The molecule has 4 heteroatoms. The molecule has 1 rings (SSSR count). The third-order valence-electron chi connectivity index (χ3n) is 2.32. The number of anilines is 1. The molecule has 0 heterocycles. The van der Waals surface area contributed by atoms with E-state index >= 15 is 0 Å². The van der Waals surface area contributed by atoms with Crippen LogP contribution in [0.15, 0.2) is 18.2 Å². The summed E-state index contributed by atoms with van der Waals surface area (Å²) in [6, 6.07) is 5.15. The topological polar surface area (TPSA) is 40.5 Å². The average Bonchev–Trinajstić information content (AvgIpc) is 2.29. The number of halogens is 1. The van der Waals surface area contributed by atoms with Crippen molar-refractivity contribution >= 4 is 23.6 Å². The number of aldehydes is 1. The van der Waals surface area contributed by atoms with Gasteiger partial charge < -0.3 is 10.0 Å². The molecular weight excluding hydrogens is 226 g/mol. The van der Waals surface area contributed by atoms with Crippen LogP contribution < -0.4 is 4.90 Å². The number of carbonyl (C=O) groups is 1. The zero-order valence-corrected chi connectivity index (χ0v) is 10.1. The molecule has 0 aliphatic rings. The van der Waals surface area contributed by atoms with Gasteiger partial charge in [0.1, 0.15) is 0 Å². The monoisotopic (exact) mass is 241 g/mol. The summed E-state index contributed by atoms with van der Waals surface area (Å²) < 4.78 is 0. The van der Waals surface area contributed by atoms with Gasteiger partial charge in [-0.05, 0) is 24.6 Å². The van der Waals surface area contributed by atoms with Gasteiger partial charge in [-0.15, -0.1) is 0 Å². The molecular formula is C12H16ClNO2. The molecule has 0 aromatic heterocycles. The summed E-state index contributed by atoms with van der Waals surface area (Å²) >= 11 is 5.91. The second kappa shape index (κ2) is 6.51. The predicted molar refractivity (Wildman–Crippen MR) is 66.4 cm³/mol. The molecule has 88 valence electrons. The van der Waals surface area contributed by atoms with E-state index < -0.39 is 0 Å². The maximum atomic E-state index is 10.9. The van der Waals surface area contributed by atoms with Gasteiger partial charge in [0.05, 0.1) is 6.61 Å². The summed E-state index contributed by atoms with van der Waals surface area (Å²) in [7, 11) is 0. The quantitative estimate of drug-likeness (QED) is 0.778. The number of nitrogens with zero attached hydrogens (tertiary/aromatic N) is 1. The molecule has 0 bridgehead atoms. The fourth-order valence-electron chi connectivity index (χ4n) is 1.63. The van der Waals surface area contributed by atoms with E-state index in [1.54, 1.807) is 18.2 Å². The first-order chi connectivity index (χ1) is 7.72. The molecule has 1 aromatic rings. The van der Waals surface area contributed by atoms with Gasteiger partial charge >= 0.3 is 0 Å². The molecule has 3 nitrogen and oxygen atoms in total. The lowest BCUT2D eigenvalue weighted by molar-refractivity contribution is 0.112. The molecule has 0 unspecified atom stereocenters. The van der Waals surface area contributed by atoms with Crippen LogP contribution in [0.2, 0.25) is 5.02 Å². The Morgan fingerprint density at radius 3 is 2.75 bits per heavy atom. The molecule has 0 saturated carbocycles. The highest BCUT2D eigenvalue weighted by molar-refractivity contribution is 6.31. The minimum absolute atomic E-state index is 0.0603. The second-order valence-electron chi connectivity index (χ2n) is 3.53. The number of hydrogen-bond acceptors (Lipinski definition) is 3. The summed E-state index contributed by atoms with van der Waals surface area (Å²) in [4.78, 5) is 12.9. The maximum absolute atomic E-state index is 10.9. The van der Waals surface area contributed by atoms with Crippen molar-refractivity contribution in [3.8, 4) is 0 Å². The van der Waals surface area contributed by atoms with E-state index in [0.29, 0.717) is 17.1 Å². The Labute approximate surface area is 101 Å². The van der Waals surface area contributed by atoms with Crippen LogP contribution in [0.1, 0.15) is 23.7 Å². The van der Waals surface area contributed by atoms with Gasteiger partial charge in [-0.3, -0.25) is 4.79 Å². The minimum atomic E-state index is 0.0603. The number of aliphatic hydroxyl groups excluding tert-OH is 1. The van der Waals surface area contributed by atoms with Crippen molar-refractivity contribution in [2.24, 2.45) is 0 Å². The SMILES string of the molecule is CCCN(CCO)c1cc(Cl)ccc1C=O. The van der Waals surface area contributed by atoms with Gasteiger partial charge in [-0.1, -0.05) is 18.5 Å². The molecule has 0 atom stereocenters. The summed E-state index contributed by atoms with van der Waals surface area (Å²) in [6.07, 6.45) is 1.76. The molecule has 1 N–H and O–H groups in total. The number of benzene rings is 1. The molecule has 0 radical (unpaired) electrons. The van der Waals surface area contributed by atoms with Gasteiger partial charge in [0.15, 0.2) is 6.29 Å². The highest BCUT2D eigenvalue weighted by atomic mass is 35.5. The zero-order valence-electron chi connectivity index (χ0n) is 9.32. The van der Waals surface area contributed by atoms with Crippen LogP contribution in [0.5, 0.6) is 0 Å². The van der Waals surface area contributed by atoms with Crippen LogP contribution in [0, 0.1) is 0 Å². The van der Waals surface area contributed by atoms with Crippen molar-refractivity contribution in [2.45, 2.75) is 13.3 Å². The number of rotatable bonds is 6. The Hall–Kier alpha value is -1.06. The highest BCUT2D eigenvalue weighted by Crippen LogP contribution is 2.23. The highest BCUT2D eigenvalue weighted by Gasteiger charge is 2.10. The first-order valence-corrected chi connectivity index (χ1v) is 5.71. The normalized spacial score (nSPS) is 10.2. The van der Waals surface area contributed by atoms with Gasteiger partial charge in [0.2, 0.25) is 0 Å². The van der Waals surface area contributed by atoms with Gasteiger partial charge in [-0.25, -0.2) is 0 Å². The van der Waals surface area contributed by atoms with Crippen molar-refractivity contribution in [1.29, 1.82) is 0 Å². The largest absolute Gasteiger partial charge is 0.395 e. The Balaban J connectivity index is 3.04. The zero-order chi connectivity index (χ0) is 12.0. The molecule has 16 heavy (non-hydrogen) atoms. The molecule has 0 aliphatic carbocycles. The molecule has 0 amide bonds. The molecule has 0 saturated heterocycles. The van der Waals surface area contributed by atoms with Crippen LogP contribution in [-0.4, -0.2) is 31.1 Å². The van der Waals surface area contributed by atoms with E-state index in [9.17, 15) is 4.79 Å². The minimum Gasteiger partial charge on any atom is -0.395 e. The van der Waals surface area contributed by atoms with Crippen molar-refractivity contribution in [1.82, 2.24) is 0 Å². The van der Waals surface area contributed by atoms with E-state index in [-0.39, 0.29) is 6.61 Å². The third-order valence-corrected chi connectivity index (χ3v) is 2.56. The van der Waals surface area contributed by atoms with E-state index in [1.807, 2.05) is 4.90 Å². The van der Waals surface area contributed by atoms with Crippen LogP contribution in [0.4, 0.5) is 5.69 Å². The summed E-state index contributed by atoms with van der Waals surface area (Å²) in [5.74, 6) is 0. The fourth-order valence-corrected chi connectivity index (χ4v) is 1.80. The van der Waals surface area contributed by atoms with Crippen molar-refractivity contribution in [3.05, 3.63) is 28.8 Å². The smallest absolute Gasteiger partial charge is 0.152 e. The second-order valence-corrected chi connectivity index (χ2v) is 3.97. The van der Waals surface area contributed by atoms with Crippen LogP contribution in [0.25, 0.3) is 0 Å². The summed E-state index contributed by atoms with van der Waals surface area (Å²) in [5, 5.41) is 9.59. The maximum Gasteiger partial charge on any atom is 0.152 e. The Morgan fingerprint density at radius 1 is 1.44 bits per heavy atom. The number of carbonyl (C=O) groups excluding carboxylic acids is 1. The number of hydrogen-bond donors (Lipinski definition) is 1. The van der Waals surface area contributed by atoms with E-state index in [4.69, 9.17) is 16.7 Å². The van der Waals surface area contributed by atoms with Gasteiger partial charge in [0.25, 0.3) is 0 Å². The molecule has 0 spiro atoms. The Bertz CT molecular complexity index is 349. The third kappa shape index (κ3) is 3.22. The van der Waals surface area contributed by atoms with Crippen molar-refractivity contribution in [3.63, 3.8) is 0 Å². The lowest BCUT2D eigenvalue weighted by atomic mass is 10.1. The summed E-state index contributed by atoms with van der Waals surface area (Å²) in [5.41, 5.74) is 1.39. The van der Waals surface area contributed by atoms with E-state index in [1.165, 1.54) is 0 Å². The van der Waals surface area contributed by atoms with Crippen LogP contribution >= 0.6 is 11.6 Å².